The summed E-state index contributed by atoms with van der Waals surface area (Å²) in [6.45, 7) is 2.32. The summed E-state index contributed by atoms with van der Waals surface area (Å²) in [6, 6.07) is 8.07. The van der Waals surface area contributed by atoms with E-state index >= 15 is 0 Å². The summed E-state index contributed by atoms with van der Waals surface area (Å²) in [6.07, 6.45) is -0.887. The molecule has 0 fully saturated rings. The van der Waals surface area contributed by atoms with Crippen LogP contribution in [0.1, 0.15) is 30.7 Å². The van der Waals surface area contributed by atoms with Crippen LogP contribution in [0.15, 0.2) is 48.1 Å². The zero-order valence-electron chi connectivity index (χ0n) is 16.7. The molecule has 160 valence electrons. The van der Waals surface area contributed by atoms with Crippen molar-refractivity contribution in [3.63, 3.8) is 0 Å². The SMILES string of the molecule is CC(C)(c1ccnc(-c2nccc3c(Cc4nc(N)ccc4Cl)csc23)c1)C(F)(F)F. The summed E-state index contributed by atoms with van der Waals surface area (Å²) in [5.41, 5.74) is 6.49. The maximum atomic E-state index is 13.5. The van der Waals surface area contributed by atoms with Crippen LogP contribution in [0.25, 0.3) is 21.5 Å². The number of aromatic nitrogens is 3. The van der Waals surface area contributed by atoms with Gasteiger partial charge in [0, 0.05) is 18.8 Å². The van der Waals surface area contributed by atoms with E-state index in [2.05, 4.69) is 15.0 Å². The van der Waals surface area contributed by atoms with Crippen molar-refractivity contribution in [3.05, 3.63) is 69.9 Å². The highest BCUT2D eigenvalue weighted by Gasteiger charge is 2.48. The van der Waals surface area contributed by atoms with Crippen molar-refractivity contribution >= 4 is 38.8 Å². The van der Waals surface area contributed by atoms with E-state index in [0.717, 1.165) is 29.5 Å². The Morgan fingerprint density at radius 1 is 1.06 bits per heavy atom. The van der Waals surface area contributed by atoms with Crippen molar-refractivity contribution in [1.29, 1.82) is 0 Å². The maximum absolute atomic E-state index is 13.5. The van der Waals surface area contributed by atoms with Crippen molar-refractivity contribution in [2.75, 3.05) is 5.73 Å². The third-order valence-corrected chi connectivity index (χ3v) is 6.70. The van der Waals surface area contributed by atoms with Gasteiger partial charge in [0.2, 0.25) is 0 Å². The van der Waals surface area contributed by atoms with E-state index in [-0.39, 0.29) is 5.56 Å². The Morgan fingerprint density at radius 3 is 2.55 bits per heavy atom. The molecular formula is C22H18ClF3N4S. The molecule has 0 aliphatic heterocycles. The van der Waals surface area contributed by atoms with Crippen molar-refractivity contribution < 1.29 is 13.2 Å². The van der Waals surface area contributed by atoms with E-state index in [1.807, 2.05) is 11.4 Å². The lowest BCUT2D eigenvalue weighted by molar-refractivity contribution is -0.180. The molecule has 0 aliphatic rings. The van der Waals surface area contributed by atoms with Gasteiger partial charge in [0.25, 0.3) is 0 Å². The lowest BCUT2D eigenvalue weighted by atomic mass is 9.84. The van der Waals surface area contributed by atoms with E-state index in [0.29, 0.717) is 34.3 Å². The molecule has 4 aromatic rings. The number of nitrogen functional groups attached to an aromatic ring is 1. The summed E-state index contributed by atoms with van der Waals surface area (Å²) >= 11 is 7.72. The Kier molecular flexibility index (Phi) is 5.39. The van der Waals surface area contributed by atoms with Gasteiger partial charge in [-0.15, -0.1) is 11.3 Å². The van der Waals surface area contributed by atoms with E-state index in [1.165, 1.54) is 29.7 Å². The number of pyridine rings is 3. The Balaban J connectivity index is 1.77. The van der Waals surface area contributed by atoms with E-state index in [1.54, 1.807) is 18.3 Å². The van der Waals surface area contributed by atoms with Gasteiger partial charge in [-0.25, -0.2) is 4.98 Å². The number of rotatable bonds is 4. The van der Waals surface area contributed by atoms with Crippen LogP contribution < -0.4 is 5.73 Å². The lowest BCUT2D eigenvalue weighted by Gasteiger charge is -2.28. The number of halogens is 4. The number of fused-ring (bicyclic) bond motifs is 1. The molecule has 0 spiro atoms. The average molecular weight is 463 g/mol. The van der Waals surface area contributed by atoms with Crippen molar-refractivity contribution in [2.24, 2.45) is 0 Å². The molecule has 0 radical (unpaired) electrons. The largest absolute Gasteiger partial charge is 0.397 e. The van der Waals surface area contributed by atoms with Crippen LogP contribution in [0.3, 0.4) is 0 Å². The quantitative estimate of drug-likeness (QED) is 0.380. The third kappa shape index (κ3) is 3.97. The Bertz CT molecular complexity index is 1270. The lowest BCUT2D eigenvalue weighted by Crippen LogP contribution is -2.36. The predicted octanol–water partition coefficient (Wildman–Crippen LogP) is 6.42. The summed E-state index contributed by atoms with van der Waals surface area (Å²) < 4.78 is 41.4. The normalized spacial score (nSPS) is 12.5. The van der Waals surface area contributed by atoms with Gasteiger partial charge in [-0.05, 0) is 66.1 Å². The number of hydrogen-bond donors (Lipinski definition) is 1. The molecule has 0 saturated heterocycles. The first-order valence-corrected chi connectivity index (χ1v) is 10.6. The first-order valence-electron chi connectivity index (χ1n) is 9.37. The fourth-order valence-corrected chi connectivity index (χ4v) is 4.49. The van der Waals surface area contributed by atoms with Gasteiger partial charge in [-0.3, -0.25) is 9.97 Å². The molecule has 0 aliphatic carbocycles. The molecule has 2 N–H and O–H groups in total. The second-order valence-corrected chi connectivity index (χ2v) is 8.98. The first kappa shape index (κ1) is 21.5. The second kappa shape index (κ2) is 7.76. The average Bonchev–Trinajstić information content (AvgIpc) is 3.13. The van der Waals surface area contributed by atoms with Gasteiger partial charge in [0.05, 0.1) is 26.5 Å². The number of thiophene rings is 1. The first-order chi connectivity index (χ1) is 14.6. The summed E-state index contributed by atoms with van der Waals surface area (Å²) in [4.78, 5) is 13.0. The summed E-state index contributed by atoms with van der Waals surface area (Å²) in [5, 5.41) is 3.42. The third-order valence-electron chi connectivity index (χ3n) is 5.30. The highest BCUT2D eigenvalue weighted by molar-refractivity contribution is 7.18. The minimum absolute atomic E-state index is 0.135. The van der Waals surface area contributed by atoms with Crippen molar-refractivity contribution in [3.8, 4) is 11.4 Å². The van der Waals surface area contributed by atoms with Crippen LogP contribution in [0.5, 0.6) is 0 Å². The van der Waals surface area contributed by atoms with E-state index in [4.69, 9.17) is 17.3 Å². The van der Waals surface area contributed by atoms with Gasteiger partial charge in [-0.1, -0.05) is 11.6 Å². The number of nitrogens with zero attached hydrogens (tertiary/aromatic N) is 3. The van der Waals surface area contributed by atoms with Gasteiger partial charge in [0.1, 0.15) is 11.5 Å². The molecule has 4 aromatic heterocycles. The Hall–Kier alpha value is -2.71. The molecule has 9 heteroatoms. The zero-order valence-corrected chi connectivity index (χ0v) is 18.2. The standard InChI is InChI=1S/C22H18ClF3N4S/c1-21(2,22(24,25)26)13-5-7-28-17(10-13)19-20-14(6-8-29-19)12(11-31-20)9-16-15(23)3-4-18(27)30-16/h3-8,10-11H,9H2,1-2H3,(H2,27,30). The maximum Gasteiger partial charge on any atom is 0.397 e. The Labute approximate surface area is 185 Å². The minimum Gasteiger partial charge on any atom is -0.384 e. The molecular weight excluding hydrogens is 445 g/mol. The van der Waals surface area contributed by atoms with E-state index < -0.39 is 11.6 Å². The smallest absolute Gasteiger partial charge is 0.384 e. The monoisotopic (exact) mass is 462 g/mol. The molecule has 0 unspecified atom stereocenters. The van der Waals surface area contributed by atoms with Crippen LogP contribution in [0.2, 0.25) is 5.02 Å². The van der Waals surface area contributed by atoms with Gasteiger partial charge in [-0.2, -0.15) is 13.2 Å². The molecule has 0 atom stereocenters. The number of alkyl halides is 3. The van der Waals surface area contributed by atoms with Crippen LogP contribution >= 0.6 is 22.9 Å². The van der Waals surface area contributed by atoms with E-state index in [9.17, 15) is 13.2 Å². The van der Waals surface area contributed by atoms with Crippen LogP contribution in [-0.2, 0) is 11.8 Å². The fraction of sp³-hybridized carbons (Fsp3) is 0.227. The topological polar surface area (TPSA) is 64.7 Å². The highest BCUT2D eigenvalue weighted by Crippen LogP contribution is 2.42. The highest BCUT2D eigenvalue weighted by atomic mass is 35.5. The molecule has 0 bridgehead atoms. The zero-order chi connectivity index (χ0) is 22.4. The molecule has 4 rings (SSSR count). The predicted molar refractivity (Wildman–Crippen MR) is 118 cm³/mol. The molecule has 0 saturated carbocycles. The number of nitrogens with two attached hydrogens (primary N) is 1. The molecule has 31 heavy (non-hydrogen) atoms. The molecule has 0 amide bonds. The Morgan fingerprint density at radius 2 is 1.81 bits per heavy atom. The van der Waals surface area contributed by atoms with Gasteiger partial charge < -0.3 is 5.73 Å². The molecule has 4 heterocycles. The summed E-state index contributed by atoms with van der Waals surface area (Å²) in [7, 11) is 0. The second-order valence-electron chi connectivity index (χ2n) is 7.69. The van der Waals surface area contributed by atoms with Crippen LogP contribution in [0, 0.1) is 0 Å². The minimum atomic E-state index is -4.38. The molecule has 4 nitrogen and oxygen atoms in total. The fourth-order valence-electron chi connectivity index (χ4n) is 3.25. The van der Waals surface area contributed by atoms with Crippen molar-refractivity contribution in [1.82, 2.24) is 15.0 Å². The van der Waals surface area contributed by atoms with Crippen LogP contribution in [-0.4, -0.2) is 21.1 Å². The number of anilines is 1. The van der Waals surface area contributed by atoms with Crippen molar-refractivity contribution in [2.45, 2.75) is 31.9 Å². The van der Waals surface area contributed by atoms with Gasteiger partial charge >= 0.3 is 6.18 Å². The number of hydrogen-bond acceptors (Lipinski definition) is 5. The van der Waals surface area contributed by atoms with Crippen LogP contribution in [0.4, 0.5) is 19.0 Å². The molecule has 0 aromatic carbocycles. The summed E-state index contributed by atoms with van der Waals surface area (Å²) in [5.74, 6) is 0.384. The van der Waals surface area contributed by atoms with Gasteiger partial charge in [0.15, 0.2) is 0 Å².